The Hall–Kier alpha value is -1.81. The van der Waals surface area contributed by atoms with Gasteiger partial charge in [0, 0.05) is 23.9 Å². The van der Waals surface area contributed by atoms with Gasteiger partial charge < -0.3 is 9.15 Å². The summed E-state index contributed by atoms with van der Waals surface area (Å²) >= 11 is 6.13. The molecule has 0 saturated heterocycles. The zero-order valence-corrected chi connectivity index (χ0v) is 11.8. The van der Waals surface area contributed by atoms with E-state index in [2.05, 4.69) is 0 Å². The minimum Gasteiger partial charge on any atom is -0.425 e. The van der Waals surface area contributed by atoms with Crippen molar-refractivity contribution in [3.63, 3.8) is 0 Å². The summed E-state index contributed by atoms with van der Waals surface area (Å²) in [6.45, 7) is 1.30. The standard InChI is InChI=1S/C15H13ClO4/c1-8(17)19-14-7-13-11(6-12(14)16)9-4-2-3-5-10(9)15(18)20-13/h6-7H,2-5H2,1H3. The smallest absolute Gasteiger partial charge is 0.339 e. The van der Waals surface area contributed by atoms with E-state index in [4.69, 9.17) is 20.8 Å². The Morgan fingerprint density at radius 1 is 1.25 bits per heavy atom. The van der Waals surface area contributed by atoms with Gasteiger partial charge in [0.05, 0.1) is 5.02 Å². The van der Waals surface area contributed by atoms with Crippen molar-refractivity contribution < 1.29 is 13.9 Å². The molecule has 0 bridgehead atoms. The quantitative estimate of drug-likeness (QED) is 0.460. The van der Waals surface area contributed by atoms with E-state index in [0.717, 1.165) is 42.2 Å². The van der Waals surface area contributed by atoms with E-state index in [1.54, 1.807) is 6.07 Å². The minimum atomic E-state index is -0.466. The Morgan fingerprint density at radius 3 is 2.65 bits per heavy atom. The molecule has 104 valence electrons. The van der Waals surface area contributed by atoms with E-state index in [9.17, 15) is 9.59 Å². The molecule has 0 N–H and O–H groups in total. The first-order valence-electron chi connectivity index (χ1n) is 6.53. The summed E-state index contributed by atoms with van der Waals surface area (Å²) in [6.07, 6.45) is 3.65. The molecule has 0 atom stereocenters. The first-order valence-corrected chi connectivity index (χ1v) is 6.90. The van der Waals surface area contributed by atoms with Crippen LogP contribution >= 0.6 is 11.6 Å². The van der Waals surface area contributed by atoms with Crippen LogP contribution in [-0.2, 0) is 17.6 Å². The van der Waals surface area contributed by atoms with E-state index in [0.29, 0.717) is 10.6 Å². The van der Waals surface area contributed by atoms with Crippen LogP contribution in [0.2, 0.25) is 5.02 Å². The number of esters is 1. The average molecular weight is 293 g/mol. The molecule has 0 fully saturated rings. The van der Waals surface area contributed by atoms with Gasteiger partial charge in [-0.1, -0.05) is 11.6 Å². The molecule has 0 radical (unpaired) electrons. The lowest BCUT2D eigenvalue weighted by Crippen LogP contribution is -2.15. The largest absolute Gasteiger partial charge is 0.425 e. The van der Waals surface area contributed by atoms with Gasteiger partial charge in [-0.3, -0.25) is 4.79 Å². The monoisotopic (exact) mass is 292 g/mol. The van der Waals surface area contributed by atoms with Crippen molar-refractivity contribution in [1.82, 2.24) is 0 Å². The molecule has 1 aliphatic carbocycles. The fourth-order valence-electron chi connectivity index (χ4n) is 2.68. The van der Waals surface area contributed by atoms with Crippen molar-refractivity contribution in [1.29, 1.82) is 0 Å². The molecular weight excluding hydrogens is 280 g/mol. The normalized spacial score (nSPS) is 14.1. The summed E-state index contributed by atoms with van der Waals surface area (Å²) < 4.78 is 10.3. The van der Waals surface area contributed by atoms with Gasteiger partial charge in [0.25, 0.3) is 0 Å². The predicted octanol–water partition coefficient (Wildman–Crippen LogP) is 3.25. The van der Waals surface area contributed by atoms with E-state index in [-0.39, 0.29) is 11.4 Å². The molecule has 1 heterocycles. The van der Waals surface area contributed by atoms with Gasteiger partial charge in [-0.05, 0) is 37.3 Å². The molecule has 0 amide bonds. The summed E-state index contributed by atoms with van der Waals surface area (Å²) in [7, 11) is 0. The second-order valence-corrected chi connectivity index (χ2v) is 5.33. The number of hydrogen-bond acceptors (Lipinski definition) is 4. The fraction of sp³-hybridized carbons (Fsp3) is 0.333. The topological polar surface area (TPSA) is 56.5 Å². The first kappa shape index (κ1) is 13.2. The molecule has 1 aromatic carbocycles. The molecule has 20 heavy (non-hydrogen) atoms. The highest BCUT2D eigenvalue weighted by Gasteiger charge is 2.19. The van der Waals surface area contributed by atoms with Crippen LogP contribution in [0, 0.1) is 0 Å². The molecule has 0 aliphatic heterocycles. The number of halogens is 1. The Kier molecular flexibility index (Phi) is 3.26. The van der Waals surface area contributed by atoms with E-state index >= 15 is 0 Å². The van der Waals surface area contributed by atoms with E-state index in [1.165, 1.54) is 13.0 Å². The number of ether oxygens (including phenoxy) is 1. The minimum absolute atomic E-state index is 0.213. The molecule has 1 aliphatic rings. The van der Waals surface area contributed by atoms with Gasteiger partial charge >= 0.3 is 11.6 Å². The maximum Gasteiger partial charge on any atom is 0.339 e. The van der Waals surface area contributed by atoms with Crippen LogP contribution in [-0.4, -0.2) is 5.97 Å². The zero-order chi connectivity index (χ0) is 14.3. The molecule has 2 aromatic rings. The summed E-state index contributed by atoms with van der Waals surface area (Å²) in [5.74, 6) is -0.253. The summed E-state index contributed by atoms with van der Waals surface area (Å²) in [5, 5.41) is 1.18. The van der Waals surface area contributed by atoms with E-state index < -0.39 is 5.97 Å². The number of benzene rings is 1. The van der Waals surface area contributed by atoms with Crippen LogP contribution in [0.15, 0.2) is 21.3 Å². The summed E-state index contributed by atoms with van der Waals surface area (Å²) in [5.41, 5.74) is 1.87. The Balaban J connectivity index is 2.26. The predicted molar refractivity (Wildman–Crippen MR) is 75.4 cm³/mol. The highest BCUT2D eigenvalue weighted by Crippen LogP contribution is 2.34. The number of hydrogen-bond donors (Lipinski definition) is 0. The summed E-state index contributed by atoms with van der Waals surface area (Å²) in [6, 6.07) is 3.22. The fourth-order valence-corrected chi connectivity index (χ4v) is 2.88. The Bertz CT molecular complexity index is 761. The highest BCUT2D eigenvalue weighted by molar-refractivity contribution is 6.33. The summed E-state index contributed by atoms with van der Waals surface area (Å²) in [4.78, 5) is 23.0. The van der Waals surface area contributed by atoms with Crippen LogP contribution in [0.5, 0.6) is 5.75 Å². The van der Waals surface area contributed by atoms with Crippen molar-refractivity contribution in [2.75, 3.05) is 0 Å². The van der Waals surface area contributed by atoms with Crippen LogP contribution in [0.1, 0.15) is 30.9 Å². The van der Waals surface area contributed by atoms with Gasteiger partial charge in [0.2, 0.25) is 0 Å². The van der Waals surface area contributed by atoms with Crippen molar-refractivity contribution in [3.8, 4) is 5.75 Å². The lowest BCUT2D eigenvalue weighted by molar-refractivity contribution is -0.131. The Labute approximate surface area is 120 Å². The maximum atomic E-state index is 12.0. The van der Waals surface area contributed by atoms with Crippen molar-refractivity contribution in [2.45, 2.75) is 32.6 Å². The number of rotatable bonds is 1. The highest BCUT2D eigenvalue weighted by atomic mass is 35.5. The second-order valence-electron chi connectivity index (χ2n) is 4.93. The van der Waals surface area contributed by atoms with Gasteiger partial charge in [-0.25, -0.2) is 4.79 Å². The van der Waals surface area contributed by atoms with Gasteiger partial charge in [-0.15, -0.1) is 0 Å². The van der Waals surface area contributed by atoms with Crippen LogP contribution in [0.25, 0.3) is 11.0 Å². The first-order chi connectivity index (χ1) is 9.56. The number of fused-ring (bicyclic) bond motifs is 3. The van der Waals surface area contributed by atoms with E-state index in [1.807, 2.05) is 0 Å². The molecule has 0 spiro atoms. The second kappa shape index (κ2) is 4.94. The SMILES string of the molecule is CC(=O)Oc1cc2oc(=O)c3c(c2cc1Cl)CCCC3. The zero-order valence-electron chi connectivity index (χ0n) is 11.0. The van der Waals surface area contributed by atoms with Crippen LogP contribution < -0.4 is 10.4 Å². The maximum absolute atomic E-state index is 12.0. The van der Waals surface area contributed by atoms with Crippen molar-refractivity contribution in [3.05, 3.63) is 38.7 Å². The lowest BCUT2D eigenvalue weighted by Gasteiger charge is -2.16. The molecule has 1 aromatic heterocycles. The third kappa shape index (κ3) is 2.20. The number of carbonyl (C=O) groups is 1. The van der Waals surface area contributed by atoms with Crippen LogP contribution in [0.3, 0.4) is 0 Å². The van der Waals surface area contributed by atoms with Crippen molar-refractivity contribution >= 4 is 28.5 Å². The molecule has 0 unspecified atom stereocenters. The van der Waals surface area contributed by atoms with Gasteiger partial charge in [0.1, 0.15) is 5.58 Å². The lowest BCUT2D eigenvalue weighted by atomic mass is 9.91. The third-order valence-corrected chi connectivity index (χ3v) is 3.83. The average Bonchev–Trinajstić information content (AvgIpc) is 2.41. The third-order valence-electron chi connectivity index (χ3n) is 3.53. The van der Waals surface area contributed by atoms with Gasteiger partial charge in [-0.2, -0.15) is 0 Å². The molecule has 3 rings (SSSR count). The number of aryl methyl sites for hydroxylation is 1. The number of carbonyl (C=O) groups excluding carboxylic acids is 1. The van der Waals surface area contributed by atoms with Crippen LogP contribution in [0.4, 0.5) is 0 Å². The molecular formula is C15H13ClO4. The molecule has 0 saturated carbocycles. The Morgan fingerprint density at radius 2 is 1.95 bits per heavy atom. The molecule has 4 nitrogen and oxygen atoms in total. The molecule has 5 heteroatoms. The van der Waals surface area contributed by atoms with Crippen molar-refractivity contribution in [2.24, 2.45) is 0 Å². The van der Waals surface area contributed by atoms with Gasteiger partial charge in [0.15, 0.2) is 5.75 Å².